The van der Waals surface area contributed by atoms with Crippen molar-refractivity contribution in [1.29, 1.82) is 0 Å². The fourth-order valence-corrected chi connectivity index (χ4v) is 2.40. The molecule has 1 aliphatic heterocycles. The number of nitrogens with one attached hydrogen (secondary N) is 2. The van der Waals surface area contributed by atoms with Crippen LogP contribution in [-0.4, -0.2) is 36.9 Å². The van der Waals surface area contributed by atoms with Gasteiger partial charge in [-0.25, -0.2) is 10.3 Å². The van der Waals surface area contributed by atoms with E-state index in [1.165, 1.54) is 0 Å². The van der Waals surface area contributed by atoms with Gasteiger partial charge in [-0.1, -0.05) is 25.0 Å². The van der Waals surface area contributed by atoms with Gasteiger partial charge in [0.2, 0.25) is 0 Å². The Morgan fingerprint density at radius 3 is 2.48 bits per heavy atom. The molecular weight excluding hydrogens is 348 g/mol. The minimum absolute atomic E-state index is 0.284. The molecule has 0 radical (unpaired) electrons. The monoisotopic (exact) mass is 378 g/mol. The van der Waals surface area contributed by atoms with Crippen molar-refractivity contribution >= 4 is 12.0 Å². The Bertz CT molecular complexity index is 606. The third-order valence-electron chi connectivity index (χ3n) is 3.89. The lowest BCUT2D eigenvalue weighted by Gasteiger charge is -2.19. The van der Waals surface area contributed by atoms with Crippen LogP contribution < -0.4 is 10.8 Å². The number of epoxide rings is 1. The fraction of sp³-hybridized carbons (Fsp3) is 0.600. The average molecular weight is 378 g/mol. The Morgan fingerprint density at radius 2 is 1.85 bits per heavy atom. The van der Waals surface area contributed by atoms with Crippen LogP contribution in [0.3, 0.4) is 0 Å². The molecule has 2 N–H and O–H groups in total. The molecule has 0 bridgehead atoms. The Morgan fingerprint density at radius 1 is 1.15 bits per heavy atom. The summed E-state index contributed by atoms with van der Waals surface area (Å²) in [6.45, 7) is 7.17. The van der Waals surface area contributed by atoms with Crippen molar-refractivity contribution in [1.82, 2.24) is 10.8 Å². The SMILES string of the molecule is CC(C)(C)OC(=O)NCc1ccc(C(=O)NOCCCCCC2CO2)cc1. The van der Waals surface area contributed by atoms with Gasteiger partial charge in [-0.15, -0.1) is 0 Å². The second kappa shape index (κ2) is 10.3. The van der Waals surface area contributed by atoms with Gasteiger partial charge in [0, 0.05) is 12.1 Å². The summed E-state index contributed by atoms with van der Waals surface area (Å²) in [5.74, 6) is -0.284. The predicted octanol–water partition coefficient (Wildman–Crippen LogP) is 3.33. The van der Waals surface area contributed by atoms with Crippen LogP contribution in [0.15, 0.2) is 24.3 Å². The summed E-state index contributed by atoms with van der Waals surface area (Å²) in [6.07, 6.45) is 4.22. The fourth-order valence-electron chi connectivity index (χ4n) is 2.40. The highest BCUT2D eigenvalue weighted by Gasteiger charge is 2.20. The molecule has 1 fully saturated rings. The third kappa shape index (κ3) is 9.40. The van der Waals surface area contributed by atoms with Crippen molar-refractivity contribution in [2.45, 2.75) is 64.7 Å². The average Bonchev–Trinajstić information content (AvgIpc) is 3.42. The second-order valence-electron chi connectivity index (χ2n) is 7.64. The van der Waals surface area contributed by atoms with E-state index in [2.05, 4.69) is 10.8 Å². The second-order valence-corrected chi connectivity index (χ2v) is 7.64. The van der Waals surface area contributed by atoms with Gasteiger partial charge in [0.1, 0.15) is 5.60 Å². The summed E-state index contributed by atoms with van der Waals surface area (Å²) in [6, 6.07) is 6.96. The lowest BCUT2D eigenvalue weighted by molar-refractivity contribution is 0.0297. The van der Waals surface area contributed by atoms with Crippen LogP contribution in [-0.2, 0) is 20.9 Å². The highest BCUT2D eigenvalue weighted by Crippen LogP contribution is 2.17. The summed E-state index contributed by atoms with van der Waals surface area (Å²) in [5, 5.41) is 2.68. The Hall–Kier alpha value is -2.12. The van der Waals surface area contributed by atoms with E-state index in [0.29, 0.717) is 24.8 Å². The summed E-state index contributed by atoms with van der Waals surface area (Å²) in [7, 11) is 0. The highest BCUT2D eigenvalue weighted by molar-refractivity contribution is 5.93. The maximum atomic E-state index is 12.0. The molecule has 1 atom stereocenters. The van der Waals surface area contributed by atoms with Gasteiger partial charge in [0.15, 0.2) is 0 Å². The molecule has 150 valence electrons. The van der Waals surface area contributed by atoms with E-state index < -0.39 is 11.7 Å². The van der Waals surface area contributed by atoms with Crippen molar-refractivity contribution < 1.29 is 23.9 Å². The van der Waals surface area contributed by atoms with Crippen LogP contribution in [0.4, 0.5) is 4.79 Å². The molecule has 2 rings (SSSR count). The quantitative estimate of drug-likeness (QED) is 0.370. The molecule has 1 heterocycles. The van der Waals surface area contributed by atoms with Crippen LogP contribution in [0.2, 0.25) is 0 Å². The van der Waals surface area contributed by atoms with Crippen LogP contribution in [0.25, 0.3) is 0 Å². The number of hydrogen-bond donors (Lipinski definition) is 2. The highest BCUT2D eigenvalue weighted by atomic mass is 16.6. The van der Waals surface area contributed by atoms with Gasteiger partial charge >= 0.3 is 6.09 Å². The van der Waals surface area contributed by atoms with Gasteiger partial charge in [-0.2, -0.15) is 0 Å². The zero-order valence-electron chi connectivity index (χ0n) is 16.4. The maximum absolute atomic E-state index is 12.0. The van der Waals surface area contributed by atoms with Crippen molar-refractivity contribution in [2.75, 3.05) is 13.2 Å². The molecule has 1 aromatic carbocycles. The molecule has 7 nitrogen and oxygen atoms in total. The van der Waals surface area contributed by atoms with E-state index >= 15 is 0 Å². The number of carbonyl (C=O) groups excluding carboxylic acids is 2. The van der Waals surface area contributed by atoms with Gasteiger partial charge < -0.3 is 14.8 Å². The van der Waals surface area contributed by atoms with Crippen LogP contribution in [0.5, 0.6) is 0 Å². The van der Waals surface area contributed by atoms with Crippen LogP contribution in [0, 0.1) is 0 Å². The predicted molar refractivity (Wildman–Crippen MR) is 101 cm³/mol. The van der Waals surface area contributed by atoms with Gasteiger partial charge in [-0.05, 0) is 51.3 Å². The number of amides is 2. The number of carbonyl (C=O) groups is 2. The molecule has 1 unspecified atom stereocenters. The van der Waals surface area contributed by atoms with Gasteiger partial charge in [-0.3, -0.25) is 9.63 Å². The largest absolute Gasteiger partial charge is 0.444 e. The first-order valence-electron chi connectivity index (χ1n) is 9.43. The number of hydroxylamine groups is 1. The molecule has 0 spiro atoms. The first-order valence-corrected chi connectivity index (χ1v) is 9.43. The lowest BCUT2D eigenvalue weighted by atomic mass is 10.1. The molecule has 0 saturated carbocycles. The standard InChI is InChI=1S/C20H30N2O5/c1-20(2,3)27-19(24)21-13-15-8-10-16(11-9-15)18(23)22-26-12-6-4-5-7-17-14-25-17/h8-11,17H,4-7,12-14H2,1-3H3,(H,21,24)(H,22,23). The number of unbranched alkanes of at least 4 members (excludes halogenated alkanes) is 2. The minimum atomic E-state index is -0.530. The minimum Gasteiger partial charge on any atom is -0.444 e. The van der Waals surface area contributed by atoms with Crippen molar-refractivity contribution in [3.05, 3.63) is 35.4 Å². The van der Waals surface area contributed by atoms with E-state index in [-0.39, 0.29) is 5.91 Å². The molecule has 1 saturated heterocycles. The van der Waals surface area contributed by atoms with E-state index in [9.17, 15) is 9.59 Å². The molecule has 2 amide bonds. The van der Waals surface area contributed by atoms with Crippen molar-refractivity contribution in [3.8, 4) is 0 Å². The Labute approximate surface area is 160 Å². The molecule has 0 aliphatic carbocycles. The number of ether oxygens (including phenoxy) is 2. The smallest absolute Gasteiger partial charge is 0.407 e. The molecule has 1 aromatic rings. The Balaban J connectivity index is 1.60. The summed E-state index contributed by atoms with van der Waals surface area (Å²) in [4.78, 5) is 28.9. The van der Waals surface area contributed by atoms with E-state index in [0.717, 1.165) is 37.9 Å². The first-order chi connectivity index (χ1) is 12.8. The van der Waals surface area contributed by atoms with E-state index in [4.69, 9.17) is 14.3 Å². The third-order valence-corrected chi connectivity index (χ3v) is 3.89. The summed E-state index contributed by atoms with van der Waals surface area (Å²) in [5.41, 5.74) is 3.30. The molecular formula is C20H30N2O5. The number of rotatable bonds is 10. The molecule has 1 aliphatic rings. The number of benzene rings is 1. The topological polar surface area (TPSA) is 89.2 Å². The maximum Gasteiger partial charge on any atom is 0.407 e. The van der Waals surface area contributed by atoms with E-state index in [1.54, 1.807) is 24.3 Å². The summed E-state index contributed by atoms with van der Waals surface area (Å²) >= 11 is 0. The number of alkyl carbamates (subject to hydrolysis) is 1. The zero-order valence-corrected chi connectivity index (χ0v) is 16.4. The first kappa shape index (κ1) is 21.2. The normalized spacial score (nSPS) is 15.9. The van der Waals surface area contributed by atoms with Crippen molar-refractivity contribution in [3.63, 3.8) is 0 Å². The molecule has 7 heteroatoms. The van der Waals surface area contributed by atoms with Gasteiger partial charge in [0.25, 0.3) is 5.91 Å². The van der Waals surface area contributed by atoms with E-state index in [1.807, 2.05) is 20.8 Å². The molecule has 0 aromatic heterocycles. The van der Waals surface area contributed by atoms with Crippen LogP contribution in [0.1, 0.15) is 62.4 Å². The summed E-state index contributed by atoms with van der Waals surface area (Å²) < 4.78 is 10.3. The Kier molecular flexibility index (Phi) is 8.06. The zero-order chi connectivity index (χ0) is 19.7. The van der Waals surface area contributed by atoms with Crippen molar-refractivity contribution in [2.24, 2.45) is 0 Å². The number of hydrogen-bond acceptors (Lipinski definition) is 5. The van der Waals surface area contributed by atoms with Gasteiger partial charge in [0.05, 0.1) is 19.3 Å². The molecule has 27 heavy (non-hydrogen) atoms. The lowest BCUT2D eigenvalue weighted by Crippen LogP contribution is -2.32. The van der Waals surface area contributed by atoms with Crippen LogP contribution >= 0.6 is 0 Å².